The molecule has 0 fully saturated rings. The van der Waals surface area contributed by atoms with E-state index in [4.69, 9.17) is 9.47 Å². The number of esters is 1. The maximum absolute atomic E-state index is 13.4. The number of thiophene rings is 1. The summed E-state index contributed by atoms with van der Waals surface area (Å²) < 4.78 is 13.5. The van der Waals surface area contributed by atoms with Gasteiger partial charge in [0.1, 0.15) is 5.75 Å². The topological polar surface area (TPSA) is 69.9 Å². The van der Waals surface area contributed by atoms with Crippen LogP contribution in [0.3, 0.4) is 0 Å². The average molecular weight is 519 g/mol. The molecule has 4 rings (SSSR count). The van der Waals surface area contributed by atoms with E-state index >= 15 is 0 Å². The van der Waals surface area contributed by atoms with Crippen molar-refractivity contribution in [3.8, 4) is 5.75 Å². The number of aromatic nitrogens is 1. The fraction of sp³-hybridized carbons (Fsp3) is 0.227. The van der Waals surface area contributed by atoms with Gasteiger partial charge in [0.15, 0.2) is 4.80 Å². The summed E-state index contributed by atoms with van der Waals surface area (Å²) in [5.41, 5.74) is 1.46. The van der Waals surface area contributed by atoms with Gasteiger partial charge >= 0.3 is 5.97 Å². The van der Waals surface area contributed by atoms with E-state index in [2.05, 4.69) is 20.9 Å². The molecule has 3 aromatic rings. The van der Waals surface area contributed by atoms with E-state index < -0.39 is 12.0 Å². The van der Waals surface area contributed by atoms with Gasteiger partial charge < -0.3 is 9.47 Å². The molecule has 6 nitrogen and oxygen atoms in total. The van der Waals surface area contributed by atoms with E-state index in [1.54, 1.807) is 42.9 Å². The van der Waals surface area contributed by atoms with Gasteiger partial charge in [-0.05, 0) is 65.0 Å². The summed E-state index contributed by atoms with van der Waals surface area (Å²) in [5, 5.41) is 1.96. The molecule has 1 aromatic carbocycles. The number of hydrogen-bond acceptors (Lipinski definition) is 7. The number of carbonyl (C=O) groups excluding carboxylic acids is 1. The van der Waals surface area contributed by atoms with Gasteiger partial charge in [-0.1, -0.05) is 23.5 Å². The van der Waals surface area contributed by atoms with Gasteiger partial charge in [0.05, 0.1) is 40.0 Å². The number of fused-ring (bicyclic) bond motifs is 1. The Morgan fingerprint density at radius 1 is 1.35 bits per heavy atom. The standard InChI is InChI=1S/C22H19BrN2O4S2/c1-4-29-21(27)18-12(2)24-22-25(19(18)13-7-8-16(28-3)15(23)10-13)20(26)17(31-22)11-14-6-5-9-30-14/h5-11,19H,4H2,1-3H3/b17-11+/t19-/m0/s1. The van der Waals surface area contributed by atoms with Crippen LogP contribution in [0.4, 0.5) is 0 Å². The summed E-state index contributed by atoms with van der Waals surface area (Å²) in [6.45, 7) is 3.76. The van der Waals surface area contributed by atoms with Crippen molar-refractivity contribution in [3.05, 3.63) is 81.6 Å². The Hall–Kier alpha value is -2.49. The number of rotatable bonds is 5. The van der Waals surface area contributed by atoms with Crippen molar-refractivity contribution in [1.82, 2.24) is 4.57 Å². The highest BCUT2D eigenvalue weighted by molar-refractivity contribution is 9.10. The Balaban J connectivity index is 1.97. The summed E-state index contributed by atoms with van der Waals surface area (Å²) in [4.78, 5) is 32.4. The summed E-state index contributed by atoms with van der Waals surface area (Å²) in [7, 11) is 1.58. The van der Waals surface area contributed by atoms with E-state index in [1.165, 1.54) is 11.3 Å². The third-order valence-electron chi connectivity index (χ3n) is 4.83. The van der Waals surface area contributed by atoms with Crippen LogP contribution in [0.1, 0.15) is 30.3 Å². The minimum atomic E-state index is -0.650. The predicted molar refractivity (Wildman–Crippen MR) is 125 cm³/mol. The quantitative estimate of drug-likeness (QED) is 0.483. The third kappa shape index (κ3) is 4.05. The molecule has 0 N–H and O–H groups in total. The molecule has 1 aliphatic rings. The number of ether oxygens (including phenoxy) is 2. The minimum absolute atomic E-state index is 0.191. The highest BCUT2D eigenvalue weighted by atomic mass is 79.9. The van der Waals surface area contributed by atoms with Crippen LogP contribution in [0.25, 0.3) is 6.08 Å². The average Bonchev–Trinajstić information content (AvgIpc) is 3.35. The molecule has 0 saturated heterocycles. The summed E-state index contributed by atoms with van der Waals surface area (Å²) in [6, 6.07) is 8.76. The van der Waals surface area contributed by atoms with Crippen LogP contribution in [0.5, 0.6) is 5.75 Å². The number of nitrogens with zero attached hydrogens (tertiary/aromatic N) is 2. The van der Waals surface area contributed by atoms with Gasteiger partial charge in [0.25, 0.3) is 5.56 Å². The molecule has 9 heteroatoms. The second-order valence-electron chi connectivity index (χ2n) is 6.71. The zero-order chi connectivity index (χ0) is 22.1. The van der Waals surface area contributed by atoms with E-state index in [9.17, 15) is 9.59 Å². The van der Waals surface area contributed by atoms with E-state index in [0.717, 1.165) is 14.9 Å². The molecule has 31 heavy (non-hydrogen) atoms. The monoisotopic (exact) mass is 518 g/mol. The van der Waals surface area contributed by atoms with Gasteiger partial charge in [0, 0.05) is 4.88 Å². The van der Waals surface area contributed by atoms with Crippen molar-refractivity contribution < 1.29 is 14.3 Å². The van der Waals surface area contributed by atoms with Gasteiger partial charge in [-0.15, -0.1) is 11.3 Å². The lowest BCUT2D eigenvalue weighted by molar-refractivity contribution is -0.139. The molecule has 0 aliphatic carbocycles. The van der Waals surface area contributed by atoms with E-state index in [1.807, 2.05) is 35.7 Å². The molecule has 0 saturated carbocycles. The van der Waals surface area contributed by atoms with Crippen molar-refractivity contribution in [2.75, 3.05) is 13.7 Å². The molecular formula is C22H19BrN2O4S2. The third-order valence-corrected chi connectivity index (χ3v) is 7.25. The molecule has 1 aliphatic heterocycles. The Labute approximate surface area is 194 Å². The summed E-state index contributed by atoms with van der Waals surface area (Å²) in [5.74, 6) is 0.181. The molecule has 0 bridgehead atoms. The van der Waals surface area contributed by atoms with Crippen LogP contribution in [0, 0.1) is 0 Å². The molecule has 3 heterocycles. The lowest BCUT2D eigenvalue weighted by Gasteiger charge is -2.25. The Morgan fingerprint density at radius 2 is 2.16 bits per heavy atom. The Morgan fingerprint density at radius 3 is 2.81 bits per heavy atom. The molecule has 2 aromatic heterocycles. The fourth-order valence-electron chi connectivity index (χ4n) is 3.46. The Bertz CT molecular complexity index is 1350. The first kappa shape index (κ1) is 21.7. The first-order chi connectivity index (χ1) is 14.9. The highest BCUT2D eigenvalue weighted by Crippen LogP contribution is 2.34. The molecule has 160 valence electrons. The van der Waals surface area contributed by atoms with Crippen molar-refractivity contribution in [2.24, 2.45) is 4.99 Å². The fourth-order valence-corrected chi connectivity index (χ4v) is 5.79. The van der Waals surface area contributed by atoms with E-state index in [0.29, 0.717) is 26.4 Å². The van der Waals surface area contributed by atoms with Crippen LogP contribution in [-0.4, -0.2) is 24.3 Å². The van der Waals surface area contributed by atoms with Gasteiger partial charge in [0.2, 0.25) is 0 Å². The van der Waals surface area contributed by atoms with Crippen molar-refractivity contribution in [1.29, 1.82) is 0 Å². The second kappa shape index (κ2) is 8.94. The van der Waals surface area contributed by atoms with Crippen molar-refractivity contribution in [3.63, 3.8) is 0 Å². The number of halogens is 1. The zero-order valence-corrected chi connectivity index (χ0v) is 20.3. The molecule has 0 spiro atoms. The minimum Gasteiger partial charge on any atom is -0.496 e. The van der Waals surface area contributed by atoms with Crippen LogP contribution in [0.2, 0.25) is 0 Å². The van der Waals surface area contributed by atoms with Crippen molar-refractivity contribution in [2.45, 2.75) is 19.9 Å². The number of hydrogen-bond donors (Lipinski definition) is 0. The molecule has 1 atom stereocenters. The van der Waals surface area contributed by atoms with Crippen LogP contribution < -0.4 is 19.6 Å². The lowest BCUT2D eigenvalue weighted by atomic mass is 9.96. The van der Waals surface area contributed by atoms with Gasteiger partial charge in [-0.2, -0.15) is 0 Å². The first-order valence-corrected chi connectivity index (χ1v) is 12.0. The van der Waals surface area contributed by atoms with Gasteiger partial charge in [-0.25, -0.2) is 9.79 Å². The summed E-state index contributed by atoms with van der Waals surface area (Å²) >= 11 is 6.38. The number of thiazole rings is 1. The molecule has 0 unspecified atom stereocenters. The predicted octanol–water partition coefficient (Wildman–Crippen LogP) is 3.63. The van der Waals surface area contributed by atoms with Crippen molar-refractivity contribution >= 4 is 50.6 Å². The molecular weight excluding hydrogens is 500 g/mol. The maximum Gasteiger partial charge on any atom is 0.338 e. The summed E-state index contributed by atoms with van der Waals surface area (Å²) in [6.07, 6.45) is 1.86. The highest BCUT2D eigenvalue weighted by Gasteiger charge is 2.33. The SMILES string of the molecule is CCOC(=O)C1=C(C)N=c2s/c(=C/c3cccs3)c(=O)n2[C@H]1c1ccc(OC)c(Br)c1. The molecule has 0 amide bonds. The van der Waals surface area contributed by atoms with E-state index in [-0.39, 0.29) is 12.2 Å². The Kier molecular flexibility index (Phi) is 6.27. The number of methoxy groups -OCH3 is 1. The number of benzene rings is 1. The normalized spacial score (nSPS) is 16.1. The zero-order valence-electron chi connectivity index (χ0n) is 17.0. The largest absolute Gasteiger partial charge is 0.496 e. The molecule has 0 radical (unpaired) electrons. The smallest absolute Gasteiger partial charge is 0.338 e. The maximum atomic E-state index is 13.4. The van der Waals surface area contributed by atoms with Crippen LogP contribution in [-0.2, 0) is 9.53 Å². The lowest BCUT2D eigenvalue weighted by Crippen LogP contribution is -2.39. The second-order valence-corrected chi connectivity index (χ2v) is 9.55. The van der Waals surface area contributed by atoms with Crippen LogP contribution >= 0.6 is 38.6 Å². The number of carbonyl (C=O) groups is 1. The number of allylic oxidation sites excluding steroid dienone is 1. The van der Waals surface area contributed by atoms with Gasteiger partial charge in [-0.3, -0.25) is 9.36 Å². The first-order valence-electron chi connectivity index (χ1n) is 9.51. The van der Waals surface area contributed by atoms with Crippen LogP contribution in [0.15, 0.2) is 61.2 Å².